The van der Waals surface area contributed by atoms with E-state index in [4.69, 9.17) is 16.3 Å². The molecule has 0 saturated carbocycles. The van der Waals surface area contributed by atoms with Crippen LogP contribution in [0.3, 0.4) is 0 Å². The molecule has 3 rings (SSSR count). The Balaban J connectivity index is 1.54. The largest absolute Gasteiger partial charge is 0.373 e. The highest BCUT2D eigenvalue weighted by atomic mass is 35.5. The summed E-state index contributed by atoms with van der Waals surface area (Å²) in [5.74, 6) is -0.406. The van der Waals surface area contributed by atoms with Gasteiger partial charge in [-0.2, -0.15) is 0 Å². The van der Waals surface area contributed by atoms with E-state index in [0.29, 0.717) is 30.3 Å². The highest BCUT2D eigenvalue weighted by molar-refractivity contribution is 6.33. The molecule has 2 amide bonds. The van der Waals surface area contributed by atoms with Crippen LogP contribution in [0.15, 0.2) is 54.6 Å². The minimum atomic E-state index is -0.587. The molecule has 6 heteroatoms. The number of rotatable bonds is 7. The van der Waals surface area contributed by atoms with E-state index in [1.54, 1.807) is 24.3 Å². The number of nitrogens with one attached hydrogen (secondary N) is 1. The van der Waals surface area contributed by atoms with Gasteiger partial charge in [0.05, 0.1) is 23.3 Å². The molecule has 1 N–H and O–H groups in total. The third-order valence-corrected chi connectivity index (χ3v) is 5.75. The van der Waals surface area contributed by atoms with E-state index in [0.717, 1.165) is 18.4 Å². The van der Waals surface area contributed by atoms with Crippen molar-refractivity contribution in [3.8, 4) is 0 Å². The fourth-order valence-electron chi connectivity index (χ4n) is 3.61. The SMILES string of the molecule is CC(C)C(NC(=O)c1ccccc1Cl)C(=O)N1CCC(OCc2ccccc2)CC1. The zero-order valence-electron chi connectivity index (χ0n) is 17.5. The second-order valence-electron chi connectivity index (χ2n) is 8.00. The average molecular weight is 429 g/mol. The molecule has 1 fully saturated rings. The topological polar surface area (TPSA) is 58.6 Å². The van der Waals surface area contributed by atoms with Crippen molar-refractivity contribution in [3.63, 3.8) is 0 Å². The Morgan fingerprint density at radius 3 is 2.33 bits per heavy atom. The van der Waals surface area contributed by atoms with Crippen molar-refractivity contribution in [2.45, 2.75) is 45.4 Å². The smallest absolute Gasteiger partial charge is 0.253 e. The van der Waals surface area contributed by atoms with Gasteiger partial charge >= 0.3 is 0 Å². The number of halogens is 1. The first-order valence-electron chi connectivity index (χ1n) is 10.5. The van der Waals surface area contributed by atoms with Gasteiger partial charge in [0, 0.05) is 13.1 Å². The molecule has 1 unspecified atom stereocenters. The van der Waals surface area contributed by atoms with Gasteiger partial charge in [-0.25, -0.2) is 0 Å². The molecule has 1 saturated heterocycles. The maximum absolute atomic E-state index is 13.1. The fourth-order valence-corrected chi connectivity index (χ4v) is 3.83. The predicted molar refractivity (Wildman–Crippen MR) is 118 cm³/mol. The second-order valence-corrected chi connectivity index (χ2v) is 8.40. The molecule has 2 aromatic rings. The zero-order chi connectivity index (χ0) is 21.5. The van der Waals surface area contributed by atoms with Crippen LogP contribution in [0.1, 0.15) is 42.6 Å². The lowest BCUT2D eigenvalue weighted by atomic mass is 9.99. The van der Waals surface area contributed by atoms with E-state index >= 15 is 0 Å². The lowest BCUT2D eigenvalue weighted by Crippen LogP contribution is -2.53. The molecular weight excluding hydrogens is 400 g/mol. The molecule has 1 heterocycles. The van der Waals surface area contributed by atoms with Crippen LogP contribution in [0.25, 0.3) is 0 Å². The molecule has 30 heavy (non-hydrogen) atoms. The number of hydrogen-bond donors (Lipinski definition) is 1. The molecule has 0 aliphatic carbocycles. The van der Waals surface area contributed by atoms with Crippen molar-refractivity contribution < 1.29 is 14.3 Å². The lowest BCUT2D eigenvalue weighted by Gasteiger charge is -2.35. The number of likely N-dealkylation sites (tertiary alicyclic amines) is 1. The van der Waals surface area contributed by atoms with Gasteiger partial charge < -0.3 is 15.0 Å². The zero-order valence-corrected chi connectivity index (χ0v) is 18.3. The van der Waals surface area contributed by atoms with Gasteiger partial charge in [0.15, 0.2) is 0 Å². The maximum Gasteiger partial charge on any atom is 0.253 e. The van der Waals surface area contributed by atoms with Crippen LogP contribution in [0.2, 0.25) is 5.02 Å². The van der Waals surface area contributed by atoms with Crippen LogP contribution >= 0.6 is 11.6 Å². The number of carbonyl (C=O) groups is 2. The van der Waals surface area contributed by atoms with Crippen LogP contribution in [0.4, 0.5) is 0 Å². The third kappa shape index (κ3) is 5.83. The quantitative estimate of drug-likeness (QED) is 0.715. The third-order valence-electron chi connectivity index (χ3n) is 5.42. The monoisotopic (exact) mass is 428 g/mol. The summed E-state index contributed by atoms with van der Waals surface area (Å²) in [6.45, 7) is 5.71. The van der Waals surface area contributed by atoms with Crippen LogP contribution in [0, 0.1) is 5.92 Å². The Bertz CT molecular complexity index is 849. The van der Waals surface area contributed by atoms with Crippen molar-refractivity contribution >= 4 is 23.4 Å². The first kappa shape index (κ1) is 22.3. The summed E-state index contributed by atoms with van der Waals surface area (Å²) in [7, 11) is 0. The molecule has 5 nitrogen and oxygen atoms in total. The number of hydrogen-bond acceptors (Lipinski definition) is 3. The summed E-state index contributed by atoms with van der Waals surface area (Å²) in [6, 6.07) is 16.4. The normalized spacial score (nSPS) is 15.8. The van der Waals surface area contributed by atoms with Gasteiger partial charge in [0.1, 0.15) is 6.04 Å². The van der Waals surface area contributed by atoms with E-state index in [-0.39, 0.29) is 23.8 Å². The molecule has 1 aliphatic heterocycles. The molecule has 0 bridgehead atoms. The van der Waals surface area contributed by atoms with Gasteiger partial charge in [-0.15, -0.1) is 0 Å². The maximum atomic E-state index is 13.1. The minimum Gasteiger partial charge on any atom is -0.373 e. The van der Waals surface area contributed by atoms with Gasteiger partial charge in [-0.3, -0.25) is 9.59 Å². The Hall–Kier alpha value is -2.37. The van der Waals surface area contributed by atoms with Crippen LogP contribution in [-0.2, 0) is 16.1 Å². The number of ether oxygens (including phenoxy) is 1. The summed E-state index contributed by atoms with van der Waals surface area (Å²) in [5.41, 5.74) is 1.53. The number of benzene rings is 2. The van der Waals surface area contributed by atoms with Gasteiger partial charge in [0.2, 0.25) is 5.91 Å². The summed E-state index contributed by atoms with van der Waals surface area (Å²) in [4.78, 5) is 27.6. The molecule has 0 spiro atoms. The molecule has 2 aromatic carbocycles. The summed E-state index contributed by atoms with van der Waals surface area (Å²) < 4.78 is 6.02. The Morgan fingerprint density at radius 2 is 1.70 bits per heavy atom. The number of amides is 2. The van der Waals surface area contributed by atoms with E-state index in [1.807, 2.05) is 49.1 Å². The number of nitrogens with zero attached hydrogens (tertiary/aromatic N) is 1. The van der Waals surface area contributed by atoms with Crippen molar-refractivity contribution in [3.05, 3.63) is 70.7 Å². The predicted octanol–water partition coefficient (Wildman–Crippen LogP) is 4.30. The molecule has 160 valence electrons. The van der Waals surface area contributed by atoms with Crippen LogP contribution in [0.5, 0.6) is 0 Å². The summed E-state index contributed by atoms with van der Waals surface area (Å²) >= 11 is 6.13. The number of piperidine rings is 1. The minimum absolute atomic E-state index is 0.0315. The highest BCUT2D eigenvalue weighted by Crippen LogP contribution is 2.19. The lowest BCUT2D eigenvalue weighted by molar-refractivity contribution is -0.137. The summed E-state index contributed by atoms with van der Waals surface area (Å²) in [6.07, 6.45) is 1.73. The second kappa shape index (κ2) is 10.6. The summed E-state index contributed by atoms with van der Waals surface area (Å²) in [5, 5.41) is 3.26. The van der Waals surface area contributed by atoms with Crippen molar-refractivity contribution in [1.29, 1.82) is 0 Å². The Morgan fingerprint density at radius 1 is 1.07 bits per heavy atom. The van der Waals surface area contributed by atoms with Crippen molar-refractivity contribution in [2.75, 3.05) is 13.1 Å². The molecule has 0 radical (unpaired) electrons. The average Bonchev–Trinajstić information content (AvgIpc) is 2.76. The van der Waals surface area contributed by atoms with E-state index in [2.05, 4.69) is 5.32 Å². The van der Waals surface area contributed by atoms with Crippen LogP contribution < -0.4 is 5.32 Å². The van der Waals surface area contributed by atoms with Gasteiger partial charge in [-0.1, -0.05) is 67.9 Å². The van der Waals surface area contributed by atoms with Crippen molar-refractivity contribution in [1.82, 2.24) is 10.2 Å². The molecular formula is C24H29ClN2O3. The van der Waals surface area contributed by atoms with Gasteiger partial charge in [-0.05, 0) is 36.5 Å². The van der Waals surface area contributed by atoms with E-state index in [1.165, 1.54) is 0 Å². The Labute approximate surface area is 183 Å². The van der Waals surface area contributed by atoms with Crippen molar-refractivity contribution in [2.24, 2.45) is 5.92 Å². The molecule has 1 aliphatic rings. The highest BCUT2D eigenvalue weighted by Gasteiger charge is 2.32. The first-order valence-corrected chi connectivity index (χ1v) is 10.8. The fraction of sp³-hybridized carbons (Fsp3) is 0.417. The molecule has 1 atom stereocenters. The van der Waals surface area contributed by atoms with Gasteiger partial charge in [0.25, 0.3) is 5.91 Å². The standard InChI is InChI=1S/C24H29ClN2O3/c1-17(2)22(26-23(28)20-10-6-7-11-21(20)25)24(29)27-14-12-19(13-15-27)30-16-18-8-4-3-5-9-18/h3-11,17,19,22H,12-16H2,1-2H3,(H,26,28). The van der Waals surface area contributed by atoms with Crippen LogP contribution in [-0.4, -0.2) is 41.9 Å². The first-order chi connectivity index (χ1) is 14.5. The number of carbonyl (C=O) groups excluding carboxylic acids is 2. The van der Waals surface area contributed by atoms with E-state index < -0.39 is 6.04 Å². The van der Waals surface area contributed by atoms with E-state index in [9.17, 15) is 9.59 Å². The molecule has 0 aromatic heterocycles. The Kier molecular flexibility index (Phi) is 7.88.